The fourth-order valence-corrected chi connectivity index (χ4v) is 3.06. The Morgan fingerprint density at radius 3 is 2.35 bits per heavy atom. The number of ketones is 1. The van der Waals surface area contributed by atoms with Crippen LogP contribution in [0.1, 0.15) is 44.0 Å². The molecular weight excluding hydrogens is 347 g/mol. The third kappa shape index (κ3) is 5.03. The van der Waals surface area contributed by atoms with Gasteiger partial charge in [-0.15, -0.1) is 0 Å². The Kier molecular flexibility index (Phi) is 5.75. The highest BCUT2D eigenvalue weighted by Crippen LogP contribution is 2.38. The number of carbonyl (C=O) groups is 1. The number of halogens is 3. The molecule has 1 aromatic carbocycles. The molecule has 0 bridgehead atoms. The molecule has 1 aliphatic rings. The first-order chi connectivity index (χ1) is 11.9. The number of aliphatic hydroxyl groups is 1. The molecule has 4 N–H and O–H groups in total. The largest absolute Gasteiger partial charge is 0.397 e. The van der Waals surface area contributed by atoms with Gasteiger partial charge in [0.2, 0.25) is 0 Å². The van der Waals surface area contributed by atoms with Crippen LogP contribution in [-0.2, 0) is 0 Å². The number of nitrogen functional groups attached to an aromatic ring is 1. The number of hydrogen-bond donors (Lipinski definition) is 3. The van der Waals surface area contributed by atoms with E-state index < -0.39 is 17.7 Å². The molecule has 26 heavy (non-hydrogen) atoms. The zero-order valence-electron chi connectivity index (χ0n) is 15.3. The maximum absolute atomic E-state index is 12.9. The second-order valence-electron chi connectivity index (χ2n) is 7.48. The number of alkyl halides is 3. The van der Waals surface area contributed by atoms with E-state index >= 15 is 0 Å². The Morgan fingerprint density at radius 2 is 1.88 bits per heavy atom. The van der Waals surface area contributed by atoms with Crippen molar-refractivity contribution in [1.29, 1.82) is 0 Å². The van der Waals surface area contributed by atoms with Gasteiger partial charge in [-0.1, -0.05) is 0 Å². The number of carbonyl (C=O) groups excluding carboxylic acids is 1. The van der Waals surface area contributed by atoms with Gasteiger partial charge in [0.05, 0.1) is 22.9 Å². The van der Waals surface area contributed by atoms with Crippen molar-refractivity contribution in [3.05, 3.63) is 17.7 Å². The molecule has 1 heterocycles. The van der Waals surface area contributed by atoms with E-state index in [0.717, 1.165) is 0 Å². The highest BCUT2D eigenvalue weighted by atomic mass is 19.4. The third-order valence-corrected chi connectivity index (χ3v) is 4.56. The molecular formula is C18H26F3N3O2. The van der Waals surface area contributed by atoms with Crippen molar-refractivity contribution < 1.29 is 23.1 Å². The van der Waals surface area contributed by atoms with Gasteiger partial charge in [0, 0.05) is 30.9 Å². The molecule has 1 fully saturated rings. The summed E-state index contributed by atoms with van der Waals surface area (Å²) >= 11 is 0. The molecule has 0 atom stereocenters. The summed E-state index contributed by atoms with van der Waals surface area (Å²) in [5.74, 6) is -1.50. The molecule has 0 spiro atoms. The zero-order valence-corrected chi connectivity index (χ0v) is 15.3. The van der Waals surface area contributed by atoms with Gasteiger partial charge in [0.1, 0.15) is 0 Å². The molecule has 1 aliphatic heterocycles. The molecule has 1 aromatic rings. The van der Waals surface area contributed by atoms with Crippen molar-refractivity contribution in [3.8, 4) is 0 Å². The molecule has 8 heteroatoms. The van der Waals surface area contributed by atoms with Gasteiger partial charge >= 0.3 is 6.18 Å². The smallest absolute Gasteiger partial charge is 0.391 e. The maximum atomic E-state index is 12.9. The van der Waals surface area contributed by atoms with Crippen LogP contribution in [0.15, 0.2) is 12.1 Å². The summed E-state index contributed by atoms with van der Waals surface area (Å²) in [6.45, 7) is 5.38. The van der Waals surface area contributed by atoms with Crippen LogP contribution in [0, 0.1) is 5.92 Å². The molecule has 2 rings (SSSR count). The first-order valence-electron chi connectivity index (χ1n) is 8.61. The normalized spacial score (nSPS) is 16.7. The lowest BCUT2D eigenvalue weighted by molar-refractivity contribution is -0.179. The van der Waals surface area contributed by atoms with Crippen molar-refractivity contribution in [2.75, 3.05) is 35.6 Å². The minimum atomic E-state index is -4.18. The van der Waals surface area contributed by atoms with Crippen molar-refractivity contribution in [1.82, 2.24) is 0 Å². The summed E-state index contributed by atoms with van der Waals surface area (Å²) in [5, 5.41) is 12.9. The summed E-state index contributed by atoms with van der Waals surface area (Å²) in [4.78, 5) is 13.8. The predicted octanol–water partition coefficient (Wildman–Crippen LogP) is 3.43. The van der Waals surface area contributed by atoms with Crippen LogP contribution in [0.2, 0.25) is 0 Å². The van der Waals surface area contributed by atoms with Gasteiger partial charge < -0.3 is 21.1 Å². The molecule has 146 valence electrons. The second kappa shape index (κ2) is 7.34. The first kappa shape index (κ1) is 20.4. The van der Waals surface area contributed by atoms with Crippen LogP contribution in [0.3, 0.4) is 0 Å². The number of piperidine rings is 1. The van der Waals surface area contributed by atoms with Gasteiger partial charge in [-0.2, -0.15) is 13.2 Å². The lowest BCUT2D eigenvalue weighted by atomic mass is 9.94. The molecule has 0 aromatic heterocycles. The molecule has 0 amide bonds. The molecule has 1 saturated heterocycles. The fraction of sp³-hybridized carbons (Fsp3) is 0.611. The molecule has 0 unspecified atom stereocenters. The van der Waals surface area contributed by atoms with Crippen LogP contribution in [0.5, 0.6) is 0 Å². The predicted molar refractivity (Wildman–Crippen MR) is 96.6 cm³/mol. The van der Waals surface area contributed by atoms with Crippen molar-refractivity contribution in [2.45, 2.75) is 45.4 Å². The first-order valence-corrected chi connectivity index (χ1v) is 8.61. The van der Waals surface area contributed by atoms with Gasteiger partial charge in [-0.05, 0) is 45.7 Å². The highest BCUT2D eigenvalue weighted by molar-refractivity contribution is 6.02. The number of nitrogens with one attached hydrogen (secondary N) is 1. The van der Waals surface area contributed by atoms with Gasteiger partial charge in [-0.3, -0.25) is 4.79 Å². The van der Waals surface area contributed by atoms with Crippen molar-refractivity contribution in [2.24, 2.45) is 5.92 Å². The number of nitrogens with two attached hydrogens (primary N) is 1. The molecule has 0 radical (unpaired) electrons. The van der Waals surface area contributed by atoms with E-state index in [1.54, 1.807) is 30.9 Å². The Morgan fingerprint density at radius 1 is 1.31 bits per heavy atom. The number of benzene rings is 1. The summed E-state index contributed by atoms with van der Waals surface area (Å²) in [6.07, 6.45) is -4.19. The summed E-state index contributed by atoms with van der Waals surface area (Å²) in [5.41, 5.74) is 6.91. The lowest BCUT2D eigenvalue weighted by Gasteiger charge is -2.35. The maximum Gasteiger partial charge on any atom is 0.391 e. The number of nitrogens with zero attached hydrogens (tertiary/aromatic N) is 1. The zero-order chi connectivity index (χ0) is 19.7. The monoisotopic (exact) mass is 373 g/mol. The Hall–Kier alpha value is -1.96. The number of hydrogen-bond acceptors (Lipinski definition) is 5. The van der Waals surface area contributed by atoms with E-state index in [1.807, 2.05) is 0 Å². The highest BCUT2D eigenvalue weighted by Gasteiger charge is 2.41. The quantitative estimate of drug-likeness (QED) is 0.544. The van der Waals surface area contributed by atoms with E-state index in [9.17, 15) is 23.1 Å². The summed E-state index contributed by atoms with van der Waals surface area (Å²) in [6, 6.07) is 3.23. The van der Waals surface area contributed by atoms with E-state index in [-0.39, 0.29) is 38.3 Å². The van der Waals surface area contributed by atoms with Crippen molar-refractivity contribution in [3.63, 3.8) is 0 Å². The minimum absolute atomic E-state index is 0.00233. The van der Waals surface area contributed by atoms with E-state index in [1.165, 1.54) is 6.92 Å². The van der Waals surface area contributed by atoms with Gasteiger partial charge in [-0.25, -0.2) is 0 Å². The van der Waals surface area contributed by atoms with E-state index in [0.29, 0.717) is 22.6 Å². The number of anilines is 3. The average molecular weight is 373 g/mol. The SMILES string of the molecule is CC(=O)c1cc(N)c(NCC(C)(C)O)cc1N1CCC(C(F)(F)F)CC1. The Bertz CT molecular complexity index is 661. The van der Waals surface area contributed by atoms with Crippen LogP contribution in [0.4, 0.5) is 30.2 Å². The standard InChI is InChI=1S/C18H26F3N3O2/c1-11(25)13-8-14(22)15(23-10-17(2,3)26)9-16(13)24-6-4-12(5-7-24)18(19,20)21/h8-9,12,23,26H,4-7,10,22H2,1-3H3. The van der Waals surface area contributed by atoms with Crippen LogP contribution in [0.25, 0.3) is 0 Å². The molecule has 0 saturated carbocycles. The summed E-state index contributed by atoms with van der Waals surface area (Å²) in [7, 11) is 0. The average Bonchev–Trinajstić information content (AvgIpc) is 2.51. The van der Waals surface area contributed by atoms with E-state index in [2.05, 4.69) is 5.32 Å². The van der Waals surface area contributed by atoms with Crippen molar-refractivity contribution >= 4 is 22.8 Å². The fourth-order valence-electron chi connectivity index (χ4n) is 3.06. The Labute approximate surface area is 151 Å². The minimum Gasteiger partial charge on any atom is -0.397 e. The van der Waals surface area contributed by atoms with Crippen LogP contribution < -0.4 is 16.0 Å². The molecule has 0 aliphatic carbocycles. The lowest BCUT2D eigenvalue weighted by Crippen LogP contribution is -2.39. The van der Waals surface area contributed by atoms with E-state index in [4.69, 9.17) is 5.73 Å². The molecule has 5 nitrogen and oxygen atoms in total. The second-order valence-corrected chi connectivity index (χ2v) is 7.48. The number of rotatable bonds is 5. The Balaban J connectivity index is 2.27. The van der Waals surface area contributed by atoms with Crippen LogP contribution >= 0.6 is 0 Å². The van der Waals surface area contributed by atoms with Gasteiger partial charge in [0.15, 0.2) is 5.78 Å². The van der Waals surface area contributed by atoms with Gasteiger partial charge in [0.25, 0.3) is 0 Å². The third-order valence-electron chi connectivity index (χ3n) is 4.56. The number of Topliss-reactive ketones (excluding diaryl/α,β-unsaturated/α-hetero) is 1. The topological polar surface area (TPSA) is 78.6 Å². The van der Waals surface area contributed by atoms with Crippen LogP contribution in [-0.4, -0.2) is 42.3 Å². The summed E-state index contributed by atoms with van der Waals surface area (Å²) < 4.78 is 38.7.